The molecule has 20 heavy (non-hydrogen) atoms. The molecule has 1 atom stereocenters. The Kier molecular flexibility index (Phi) is 6.96. The standard InChI is InChI=1S/C16H32N2O2/c1-6-16(4)8-11-18(12-9-16)10-7-14(15(19)20-5)17-13(2)3/h13-14,17H,6-12H2,1-5H3. The molecule has 1 unspecified atom stereocenters. The van der Waals surface area contributed by atoms with Crippen LogP contribution in [0.4, 0.5) is 0 Å². The van der Waals surface area contributed by atoms with Gasteiger partial charge in [-0.05, 0) is 37.8 Å². The van der Waals surface area contributed by atoms with Gasteiger partial charge in [-0.15, -0.1) is 0 Å². The number of likely N-dealkylation sites (tertiary alicyclic amines) is 1. The molecule has 1 aliphatic heterocycles. The van der Waals surface area contributed by atoms with Crippen molar-refractivity contribution in [3.8, 4) is 0 Å². The number of carbonyl (C=O) groups is 1. The zero-order valence-corrected chi connectivity index (χ0v) is 13.9. The molecule has 0 amide bonds. The van der Waals surface area contributed by atoms with Crippen LogP contribution in [0, 0.1) is 5.41 Å². The highest BCUT2D eigenvalue weighted by Crippen LogP contribution is 2.33. The Labute approximate surface area is 124 Å². The van der Waals surface area contributed by atoms with Crippen LogP contribution in [-0.4, -0.2) is 49.7 Å². The molecule has 1 aliphatic rings. The molecule has 1 fully saturated rings. The fraction of sp³-hybridized carbons (Fsp3) is 0.938. The van der Waals surface area contributed by atoms with E-state index in [0.717, 1.165) is 26.1 Å². The zero-order chi connectivity index (χ0) is 15.2. The van der Waals surface area contributed by atoms with Crippen molar-refractivity contribution in [2.24, 2.45) is 5.41 Å². The first-order chi connectivity index (χ1) is 9.40. The van der Waals surface area contributed by atoms with Gasteiger partial charge in [0.2, 0.25) is 0 Å². The van der Waals surface area contributed by atoms with Gasteiger partial charge in [0.05, 0.1) is 7.11 Å². The smallest absolute Gasteiger partial charge is 0.322 e. The van der Waals surface area contributed by atoms with Gasteiger partial charge in [-0.25, -0.2) is 0 Å². The van der Waals surface area contributed by atoms with Crippen LogP contribution in [0.25, 0.3) is 0 Å². The number of hydrogen-bond donors (Lipinski definition) is 1. The lowest BCUT2D eigenvalue weighted by Crippen LogP contribution is -2.45. The third-order valence-corrected chi connectivity index (χ3v) is 4.67. The summed E-state index contributed by atoms with van der Waals surface area (Å²) in [6.45, 7) is 12.1. The summed E-state index contributed by atoms with van der Waals surface area (Å²) in [4.78, 5) is 14.2. The molecular formula is C16H32N2O2. The average Bonchev–Trinajstić information content (AvgIpc) is 2.44. The van der Waals surface area contributed by atoms with E-state index >= 15 is 0 Å². The van der Waals surface area contributed by atoms with Gasteiger partial charge >= 0.3 is 5.97 Å². The number of rotatable bonds is 7. The van der Waals surface area contributed by atoms with Gasteiger partial charge in [-0.3, -0.25) is 4.79 Å². The molecule has 1 saturated heterocycles. The van der Waals surface area contributed by atoms with Gasteiger partial charge in [-0.1, -0.05) is 34.1 Å². The summed E-state index contributed by atoms with van der Waals surface area (Å²) in [5.74, 6) is -0.144. The molecule has 0 aliphatic carbocycles. The second-order valence-corrected chi connectivity index (χ2v) is 6.69. The number of piperidine rings is 1. The van der Waals surface area contributed by atoms with Crippen molar-refractivity contribution in [3.63, 3.8) is 0 Å². The lowest BCUT2D eigenvalue weighted by atomic mass is 9.78. The van der Waals surface area contributed by atoms with Crippen LogP contribution in [-0.2, 0) is 9.53 Å². The number of esters is 1. The van der Waals surface area contributed by atoms with Crippen LogP contribution in [0.5, 0.6) is 0 Å². The van der Waals surface area contributed by atoms with Crippen LogP contribution in [0.2, 0.25) is 0 Å². The Balaban J connectivity index is 2.39. The monoisotopic (exact) mass is 284 g/mol. The van der Waals surface area contributed by atoms with Crippen LogP contribution in [0.15, 0.2) is 0 Å². The molecule has 4 heteroatoms. The predicted octanol–water partition coefficient (Wildman–Crippen LogP) is 2.43. The maximum Gasteiger partial charge on any atom is 0.322 e. The molecule has 4 nitrogen and oxygen atoms in total. The molecule has 0 radical (unpaired) electrons. The number of methoxy groups -OCH3 is 1. The number of hydrogen-bond acceptors (Lipinski definition) is 4. The normalized spacial score (nSPS) is 20.9. The van der Waals surface area contributed by atoms with Crippen molar-refractivity contribution >= 4 is 5.97 Å². The Hall–Kier alpha value is -0.610. The summed E-state index contributed by atoms with van der Waals surface area (Å²) >= 11 is 0. The van der Waals surface area contributed by atoms with Crippen molar-refractivity contribution in [2.45, 2.75) is 65.5 Å². The average molecular weight is 284 g/mol. The predicted molar refractivity (Wildman–Crippen MR) is 82.8 cm³/mol. The molecule has 0 aromatic carbocycles. The molecule has 1 rings (SSSR count). The van der Waals surface area contributed by atoms with Crippen molar-refractivity contribution in [1.29, 1.82) is 0 Å². The van der Waals surface area contributed by atoms with Gasteiger partial charge in [0.25, 0.3) is 0 Å². The first kappa shape index (κ1) is 17.4. The Bertz CT molecular complexity index is 297. The largest absolute Gasteiger partial charge is 0.468 e. The molecular weight excluding hydrogens is 252 g/mol. The third kappa shape index (κ3) is 5.41. The lowest BCUT2D eigenvalue weighted by Gasteiger charge is -2.39. The topological polar surface area (TPSA) is 41.6 Å². The zero-order valence-electron chi connectivity index (χ0n) is 13.9. The number of nitrogens with zero attached hydrogens (tertiary/aromatic N) is 1. The van der Waals surface area contributed by atoms with Crippen LogP contribution >= 0.6 is 0 Å². The second-order valence-electron chi connectivity index (χ2n) is 6.69. The third-order valence-electron chi connectivity index (χ3n) is 4.67. The second kappa shape index (κ2) is 7.99. The van der Waals surface area contributed by atoms with Gasteiger partial charge < -0.3 is 15.0 Å². The number of nitrogens with one attached hydrogen (secondary N) is 1. The highest BCUT2D eigenvalue weighted by Gasteiger charge is 2.29. The summed E-state index contributed by atoms with van der Waals surface area (Å²) in [5, 5.41) is 3.30. The summed E-state index contributed by atoms with van der Waals surface area (Å²) in [5.41, 5.74) is 0.522. The van der Waals surface area contributed by atoms with Gasteiger partial charge in [0.15, 0.2) is 0 Å². The van der Waals surface area contributed by atoms with Crippen molar-refractivity contribution in [2.75, 3.05) is 26.7 Å². The molecule has 1 heterocycles. The van der Waals surface area contributed by atoms with Crippen molar-refractivity contribution < 1.29 is 9.53 Å². The van der Waals surface area contributed by atoms with E-state index in [0.29, 0.717) is 11.5 Å². The van der Waals surface area contributed by atoms with E-state index in [2.05, 4.69) is 37.9 Å². The summed E-state index contributed by atoms with van der Waals surface area (Å²) in [7, 11) is 1.46. The van der Waals surface area contributed by atoms with E-state index in [1.54, 1.807) is 0 Å². The molecule has 0 saturated carbocycles. The molecule has 118 valence electrons. The molecule has 0 aromatic heterocycles. The maximum atomic E-state index is 11.8. The van der Waals surface area contributed by atoms with Crippen LogP contribution in [0.1, 0.15) is 53.4 Å². The van der Waals surface area contributed by atoms with E-state index in [1.165, 1.54) is 26.4 Å². The quantitative estimate of drug-likeness (QED) is 0.729. The first-order valence-electron chi connectivity index (χ1n) is 7.96. The van der Waals surface area contributed by atoms with Crippen LogP contribution in [0.3, 0.4) is 0 Å². The summed E-state index contributed by atoms with van der Waals surface area (Å²) in [6.07, 6.45) is 4.63. The maximum absolute atomic E-state index is 11.8. The minimum Gasteiger partial charge on any atom is -0.468 e. The van der Waals surface area contributed by atoms with E-state index in [1.807, 2.05) is 0 Å². The highest BCUT2D eigenvalue weighted by atomic mass is 16.5. The molecule has 0 spiro atoms. The van der Waals surface area contributed by atoms with Gasteiger partial charge in [0.1, 0.15) is 6.04 Å². The summed E-state index contributed by atoms with van der Waals surface area (Å²) in [6, 6.07) is 0.114. The molecule has 1 N–H and O–H groups in total. The Morgan fingerprint density at radius 2 is 1.95 bits per heavy atom. The van der Waals surface area contributed by atoms with Crippen molar-refractivity contribution in [3.05, 3.63) is 0 Å². The van der Waals surface area contributed by atoms with Gasteiger partial charge in [0, 0.05) is 12.6 Å². The molecule has 0 bridgehead atoms. The van der Waals surface area contributed by atoms with E-state index in [9.17, 15) is 4.79 Å². The Morgan fingerprint density at radius 1 is 1.35 bits per heavy atom. The summed E-state index contributed by atoms with van der Waals surface area (Å²) < 4.78 is 4.88. The van der Waals surface area contributed by atoms with E-state index in [-0.39, 0.29) is 12.0 Å². The molecule has 0 aromatic rings. The number of ether oxygens (including phenoxy) is 1. The fourth-order valence-corrected chi connectivity index (χ4v) is 2.80. The SMILES string of the molecule is CCC1(C)CCN(CCC(NC(C)C)C(=O)OC)CC1. The van der Waals surface area contributed by atoms with Gasteiger partial charge in [-0.2, -0.15) is 0 Å². The Morgan fingerprint density at radius 3 is 2.40 bits per heavy atom. The number of carbonyl (C=O) groups excluding carboxylic acids is 1. The van der Waals surface area contributed by atoms with Crippen LogP contribution < -0.4 is 5.32 Å². The van der Waals surface area contributed by atoms with E-state index in [4.69, 9.17) is 4.74 Å². The lowest BCUT2D eigenvalue weighted by molar-refractivity contribution is -0.143. The fourth-order valence-electron chi connectivity index (χ4n) is 2.80. The highest BCUT2D eigenvalue weighted by molar-refractivity contribution is 5.75. The first-order valence-corrected chi connectivity index (χ1v) is 7.96. The minimum atomic E-state index is -0.181. The minimum absolute atomic E-state index is 0.144. The van der Waals surface area contributed by atoms with Crippen molar-refractivity contribution in [1.82, 2.24) is 10.2 Å². The van der Waals surface area contributed by atoms with E-state index < -0.39 is 0 Å².